The van der Waals surface area contributed by atoms with Gasteiger partial charge in [0.1, 0.15) is 10.7 Å². The molecule has 0 aliphatic rings. The minimum absolute atomic E-state index is 0.0976. The van der Waals surface area contributed by atoms with Gasteiger partial charge < -0.3 is 10.4 Å². The molecule has 2 rings (SSSR count). The number of aryl methyl sites for hydroxylation is 1. The van der Waals surface area contributed by atoms with Gasteiger partial charge in [0.05, 0.1) is 5.56 Å². The lowest BCUT2D eigenvalue weighted by Gasteiger charge is -2.01. The first kappa shape index (κ1) is 11.3. The van der Waals surface area contributed by atoms with E-state index in [0.29, 0.717) is 5.00 Å². The highest BCUT2D eigenvalue weighted by molar-refractivity contribution is 7.16. The van der Waals surface area contributed by atoms with E-state index in [4.69, 9.17) is 5.11 Å². The summed E-state index contributed by atoms with van der Waals surface area (Å²) >= 11 is 1.22. The maximum Gasteiger partial charge on any atom is 0.338 e. The molecular weight excluding hydrogens is 242 g/mol. The molecule has 0 spiro atoms. The molecule has 0 radical (unpaired) electrons. The van der Waals surface area contributed by atoms with Crippen molar-refractivity contribution in [1.82, 2.24) is 10.2 Å². The van der Waals surface area contributed by atoms with Gasteiger partial charge in [-0.25, -0.2) is 4.79 Å². The molecule has 0 saturated heterocycles. The highest BCUT2D eigenvalue weighted by Crippen LogP contribution is 2.27. The Morgan fingerprint density at radius 1 is 1.53 bits per heavy atom. The maximum absolute atomic E-state index is 11.7. The minimum Gasteiger partial charge on any atom is -0.478 e. The Labute approximate surface area is 100 Å². The Balaban J connectivity index is 2.24. The van der Waals surface area contributed by atoms with Gasteiger partial charge in [0, 0.05) is 11.1 Å². The quantitative estimate of drug-likeness (QED) is 0.774. The molecule has 7 heteroatoms. The summed E-state index contributed by atoms with van der Waals surface area (Å²) in [6, 6.07) is 3.03. The number of nitrogens with one attached hydrogen (secondary N) is 2. The van der Waals surface area contributed by atoms with Crippen LogP contribution in [0.25, 0.3) is 0 Å². The van der Waals surface area contributed by atoms with Gasteiger partial charge in [0.25, 0.3) is 5.91 Å². The average Bonchev–Trinajstić information content (AvgIpc) is 2.86. The van der Waals surface area contributed by atoms with E-state index in [9.17, 15) is 9.59 Å². The minimum atomic E-state index is -1.06. The third kappa shape index (κ3) is 2.34. The van der Waals surface area contributed by atoms with Crippen LogP contribution in [0, 0.1) is 6.92 Å². The van der Waals surface area contributed by atoms with Gasteiger partial charge in [-0.15, -0.1) is 11.3 Å². The highest BCUT2D eigenvalue weighted by atomic mass is 32.1. The molecule has 2 aromatic heterocycles. The van der Waals surface area contributed by atoms with Crippen molar-refractivity contribution in [3.8, 4) is 0 Å². The maximum atomic E-state index is 11.7. The molecule has 6 nitrogen and oxygen atoms in total. The number of anilines is 1. The first-order valence-corrected chi connectivity index (χ1v) is 5.54. The molecule has 0 aliphatic carbocycles. The Hall–Kier alpha value is -2.15. The van der Waals surface area contributed by atoms with Crippen molar-refractivity contribution >= 4 is 28.2 Å². The molecule has 17 heavy (non-hydrogen) atoms. The summed E-state index contributed by atoms with van der Waals surface area (Å²) in [7, 11) is 0. The Morgan fingerprint density at radius 2 is 2.29 bits per heavy atom. The standard InChI is InChI=1S/C10H9N3O3S/c1-5-4-6(10(15)16)9(17-5)12-8(14)7-2-3-11-13-7/h2-4H,1H3,(H,11,13)(H,12,14)(H,15,16). The van der Waals surface area contributed by atoms with Crippen LogP contribution in [-0.2, 0) is 0 Å². The number of hydrogen-bond donors (Lipinski definition) is 3. The van der Waals surface area contributed by atoms with Crippen LogP contribution in [0.2, 0.25) is 0 Å². The molecule has 0 fully saturated rings. The Morgan fingerprint density at radius 3 is 2.88 bits per heavy atom. The third-order valence-electron chi connectivity index (χ3n) is 2.06. The number of amides is 1. The van der Waals surface area contributed by atoms with E-state index < -0.39 is 11.9 Å². The molecule has 1 amide bonds. The van der Waals surface area contributed by atoms with Crippen molar-refractivity contribution in [2.45, 2.75) is 6.92 Å². The zero-order chi connectivity index (χ0) is 12.4. The van der Waals surface area contributed by atoms with Crippen LogP contribution >= 0.6 is 11.3 Å². The van der Waals surface area contributed by atoms with Crippen LogP contribution in [0.4, 0.5) is 5.00 Å². The van der Waals surface area contributed by atoms with Crippen LogP contribution in [0.5, 0.6) is 0 Å². The van der Waals surface area contributed by atoms with E-state index >= 15 is 0 Å². The van der Waals surface area contributed by atoms with E-state index in [1.165, 1.54) is 29.7 Å². The molecular formula is C10H9N3O3S. The van der Waals surface area contributed by atoms with Gasteiger partial charge in [0.2, 0.25) is 0 Å². The highest BCUT2D eigenvalue weighted by Gasteiger charge is 2.17. The fourth-order valence-electron chi connectivity index (χ4n) is 1.32. The number of H-pyrrole nitrogens is 1. The Kier molecular flexibility index (Phi) is 2.92. The summed E-state index contributed by atoms with van der Waals surface area (Å²) in [5.41, 5.74) is 0.382. The van der Waals surface area contributed by atoms with Gasteiger partial charge in [-0.05, 0) is 19.1 Å². The molecule has 2 aromatic rings. The summed E-state index contributed by atoms with van der Waals surface area (Å²) in [4.78, 5) is 23.5. The van der Waals surface area contributed by atoms with Crippen LogP contribution in [-0.4, -0.2) is 27.2 Å². The molecule has 88 valence electrons. The number of carboxylic acid groups (broad SMARTS) is 1. The van der Waals surface area contributed by atoms with Crippen LogP contribution in [0.15, 0.2) is 18.3 Å². The monoisotopic (exact) mass is 251 g/mol. The number of hydrogen-bond acceptors (Lipinski definition) is 4. The number of rotatable bonds is 3. The van der Waals surface area contributed by atoms with Gasteiger partial charge in [0.15, 0.2) is 0 Å². The number of aromatic amines is 1. The second kappa shape index (κ2) is 4.38. The smallest absolute Gasteiger partial charge is 0.338 e. The predicted octanol–water partition coefficient (Wildman–Crippen LogP) is 1.73. The number of aromatic carboxylic acids is 1. The fraction of sp³-hybridized carbons (Fsp3) is 0.100. The normalized spacial score (nSPS) is 10.2. The zero-order valence-corrected chi connectivity index (χ0v) is 9.67. The van der Waals surface area contributed by atoms with E-state index in [0.717, 1.165) is 4.88 Å². The first-order valence-electron chi connectivity index (χ1n) is 4.72. The molecule has 3 N–H and O–H groups in total. The van der Waals surface area contributed by atoms with Crippen molar-refractivity contribution < 1.29 is 14.7 Å². The van der Waals surface area contributed by atoms with Crippen molar-refractivity contribution in [2.75, 3.05) is 5.32 Å². The molecule has 0 saturated carbocycles. The lowest BCUT2D eigenvalue weighted by atomic mass is 10.3. The SMILES string of the molecule is Cc1cc(C(=O)O)c(NC(=O)c2ccn[nH]2)s1. The number of aromatic nitrogens is 2. The second-order valence-corrected chi connectivity index (χ2v) is 4.59. The lowest BCUT2D eigenvalue weighted by molar-refractivity contribution is 0.0698. The topological polar surface area (TPSA) is 95.1 Å². The summed E-state index contributed by atoms with van der Waals surface area (Å²) in [5, 5.41) is 18.0. The van der Waals surface area contributed by atoms with Gasteiger partial charge >= 0.3 is 5.97 Å². The van der Waals surface area contributed by atoms with Crippen LogP contribution < -0.4 is 5.32 Å². The molecule has 2 heterocycles. The molecule has 0 atom stereocenters. The lowest BCUT2D eigenvalue weighted by Crippen LogP contribution is -2.13. The van der Waals surface area contributed by atoms with E-state index in [1.807, 2.05) is 0 Å². The molecule has 0 aromatic carbocycles. The predicted molar refractivity (Wildman–Crippen MR) is 62.6 cm³/mol. The summed E-state index contributed by atoms with van der Waals surface area (Å²) in [6.45, 7) is 1.78. The summed E-state index contributed by atoms with van der Waals surface area (Å²) in [6.07, 6.45) is 1.45. The van der Waals surface area contributed by atoms with Crippen molar-refractivity contribution in [2.24, 2.45) is 0 Å². The second-order valence-electron chi connectivity index (χ2n) is 3.33. The van der Waals surface area contributed by atoms with Crippen LogP contribution in [0.3, 0.4) is 0 Å². The Bertz CT molecular complexity index is 559. The van der Waals surface area contributed by atoms with E-state index in [2.05, 4.69) is 15.5 Å². The number of carbonyl (C=O) groups is 2. The van der Waals surface area contributed by atoms with Crippen molar-refractivity contribution in [3.05, 3.63) is 34.5 Å². The van der Waals surface area contributed by atoms with Crippen LogP contribution in [0.1, 0.15) is 25.7 Å². The fourth-order valence-corrected chi connectivity index (χ4v) is 2.22. The first-order chi connectivity index (χ1) is 8.08. The molecule has 0 unspecified atom stereocenters. The number of carboxylic acids is 1. The van der Waals surface area contributed by atoms with Crippen molar-refractivity contribution in [3.63, 3.8) is 0 Å². The van der Waals surface area contributed by atoms with Crippen molar-refractivity contribution in [1.29, 1.82) is 0 Å². The third-order valence-corrected chi connectivity index (χ3v) is 3.02. The summed E-state index contributed by atoms with van der Waals surface area (Å²) in [5.74, 6) is -1.47. The average molecular weight is 251 g/mol. The molecule has 0 bridgehead atoms. The van der Waals surface area contributed by atoms with Gasteiger partial charge in [-0.1, -0.05) is 0 Å². The largest absolute Gasteiger partial charge is 0.478 e. The van der Waals surface area contributed by atoms with E-state index in [1.54, 1.807) is 6.92 Å². The van der Waals surface area contributed by atoms with Gasteiger partial charge in [-0.3, -0.25) is 9.89 Å². The van der Waals surface area contributed by atoms with E-state index in [-0.39, 0.29) is 11.3 Å². The summed E-state index contributed by atoms with van der Waals surface area (Å²) < 4.78 is 0. The number of carbonyl (C=O) groups excluding carboxylic acids is 1. The molecule has 0 aliphatic heterocycles. The van der Waals surface area contributed by atoms with Gasteiger partial charge in [-0.2, -0.15) is 5.10 Å². The zero-order valence-electron chi connectivity index (χ0n) is 8.85. The number of thiophene rings is 1. The number of nitrogens with zero attached hydrogens (tertiary/aromatic N) is 1.